The van der Waals surface area contributed by atoms with E-state index in [1.807, 2.05) is 35.9 Å². The first-order valence-corrected chi connectivity index (χ1v) is 8.60. The molecule has 0 aliphatic rings. The van der Waals surface area contributed by atoms with Gasteiger partial charge in [-0.25, -0.2) is 4.98 Å². The van der Waals surface area contributed by atoms with Crippen LogP contribution in [0.4, 0.5) is 0 Å². The largest absolute Gasteiger partial charge is 0.394 e. The van der Waals surface area contributed by atoms with Crippen molar-refractivity contribution >= 4 is 43.9 Å². The van der Waals surface area contributed by atoms with Crippen molar-refractivity contribution in [1.82, 2.24) is 14.7 Å². The molecule has 2 N–H and O–H groups in total. The molecule has 0 atom stereocenters. The van der Waals surface area contributed by atoms with Gasteiger partial charge in [-0.1, -0.05) is 13.8 Å². The summed E-state index contributed by atoms with van der Waals surface area (Å²) in [6, 6.07) is 1.87. The van der Waals surface area contributed by atoms with Crippen molar-refractivity contribution < 1.29 is 9.90 Å². The standard InChI is InChI=1S/C14H17N3O2S2/c1-3-14(4-2,8-18)16-11(19)10-7-9-12(21-10)15-13-17(9)5-6-20-13/h5-7,18H,3-4,8H2,1-2H3,(H,16,19). The van der Waals surface area contributed by atoms with Crippen LogP contribution in [0.5, 0.6) is 0 Å². The number of aliphatic hydroxyl groups excluding tert-OH is 1. The SMILES string of the molecule is CCC(CC)(CO)NC(=O)c1cc2c(nc3sccn32)s1. The average Bonchev–Trinajstić information content (AvgIpc) is 3.16. The fourth-order valence-electron chi connectivity index (χ4n) is 2.35. The number of aliphatic hydroxyl groups is 1. The zero-order valence-electron chi connectivity index (χ0n) is 11.9. The molecule has 0 saturated carbocycles. The maximum absolute atomic E-state index is 12.4. The molecule has 3 rings (SSSR count). The van der Waals surface area contributed by atoms with E-state index in [0.717, 1.165) is 15.3 Å². The first kappa shape index (κ1) is 14.5. The second kappa shape index (κ2) is 5.40. The molecule has 0 bridgehead atoms. The number of thiophene rings is 1. The van der Waals surface area contributed by atoms with Crippen LogP contribution in [0, 0.1) is 0 Å². The zero-order valence-corrected chi connectivity index (χ0v) is 13.6. The van der Waals surface area contributed by atoms with Gasteiger partial charge in [0.1, 0.15) is 4.83 Å². The fourth-order valence-corrected chi connectivity index (χ4v) is 4.05. The average molecular weight is 323 g/mol. The van der Waals surface area contributed by atoms with Gasteiger partial charge >= 0.3 is 0 Å². The first-order chi connectivity index (χ1) is 10.1. The smallest absolute Gasteiger partial charge is 0.262 e. The summed E-state index contributed by atoms with van der Waals surface area (Å²) in [7, 11) is 0. The van der Waals surface area contributed by atoms with Crippen LogP contribution < -0.4 is 5.32 Å². The summed E-state index contributed by atoms with van der Waals surface area (Å²) in [5, 5.41) is 14.5. The quantitative estimate of drug-likeness (QED) is 0.759. The molecule has 5 nitrogen and oxygen atoms in total. The van der Waals surface area contributed by atoms with Gasteiger partial charge < -0.3 is 10.4 Å². The molecule has 0 aliphatic heterocycles. The van der Waals surface area contributed by atoms with Crippen molar-refractivity contribution in [2.45, 2.75) is 32.2 Å². The van der Waals surface area contributed by atoms with E-state index in [9.17, 15) is 9.90 Å². The van der Waals surface area contributed by atoms with Crippen molar-refractivity contribution in [1.29, 1.82) is 0 Å². The summed E-state index contributed by atoms with van der Waals surface area (Å²) in [5.74, 6) is -0.139. The Hall–Kier alpha value is -1.44. The Kier molecular flexibility index (Phi) is 3.73. The Balaban J connectivity index is 1.92. The van der Waals surface area contributed by atoms with E-state index in [4.69, 9.17) is 0 Å². The summed E-state index contributed by atoms with van der Waals surface area (Å²) < 4.78 is 1.99. The van der Waals surface area contributed by atoms with Crippen LogP contribution in [0.15, 0.2) is 17.6 Å². The van der Waals surface area contributed by atoms with Gasteiger partial charge in [0.25, 0.3) is 5.91 Å². The maximum atomic E-state index is 12.4. The van der Waals surface area contributed by atoms with Crippen LogP contribution in [-0.4, -0.2) is 32.5 Å². The number of thiazole rings is 1. The third-order valence-corrected chi connectivity index (χ3v) is 5.77. The highest BCUT2D eigenvalue weighted by Gasteiger charge is 2.28. The Bertz CT molecular complexity index is 774. The normalized spacial score (nSPS) is 12.3. The summed E-state index contributed by atoms with van der Waals surface area (Å²) in [6.07, 6.45) is 3.36. The van der Waals surface area contributed by atoms with E-state index in [0.29, 0.717) is 17.7 Å². The summed E-state index contributed by atoms with van der Waals surface area (Å²) in [4.78, 5) is 19.4. The van der Waals surface area contributed by atoms with Gasteiger partial charge in [-0.15, -0.1) is 22.7 Å². The summed E-state index contributed by atoms with van der Waals surface area (Å²) in [5.41, 5.74) is 0.424. The topological polar surface area (TPSA) is 66.6 Å². The van der Waals surface area contributed by atoms with Crippen molar-refractivity contribution in [2.75, 3.05) is 6.61 Å². The number of aromatic nitrogens is 2. The third kappa shape index (κ3) is 2.35. The van der Waals surface area contributed by atoms with Gasteiger partial charge in [0.15, 0.2) is 4.96 Å². The van der Waals surface area contributed by atoms with Crippen molar-refractivity contribution in [2.24, 2.45) is 0 Å². The highest BCUT2D eigenvalue weighted by Crippen LogP contribution is 2.28. The van der Waals surface area contributed by atoms with Crippen molar-refractivity contribution in [3.63, 3.8) is 0 Å². The number of nitrogens with zero attached hydrogens (tertiary/aromatic N) is 2. The van der Waals surface area contributed by atoms with E-state index < -0.39 is 5.54 Å². The molecule has 0 radical (unpaired) electrons. The molecule has 0 spiro atoms. The summed E-state index contributed by atoms with van der Waals surface area (Å²) in [6.45, 7) is 3.89. The van der Waals surface area contributed by atoms with Crippen molar-refractivity contribution in [3.05, 3.63) is 22.5 Å². The monoisotopic (exact) mass is 323 g/mol. The number of hydrogen-bond acceptors (Lipinski definition) is 5. The van der Waals surface area contributed by atoms with E-state index in [1.54, 1.807) is 11.3 Å². The van der Waals surface area contributed by atoms with E-state index >= 15 is 0 Å². The Morgan fingerprint density at radius 1 is 1.48 bits per heavy atom. The molecule has 3 heterocycles. The van der Waals surface area contributed by atoms with Gasteiger partial charge in [0.05, 0.1) is 22.5 Å². The molecule has 7 heteroatoms. The lowest BCUT2D eigenvalue weighted by Crippen LogP contribution is -2.50. The molecule has 0 aliphatic carbocycles. The number of imidazole rings is 1. The number of carbonyl (C=O) groups excluding carboxylic acids is 1. The van der Waals surface area contributed by atoms with Crippen LogP contribution >= 0.6 is 22.7 Å². The fraction of sp³-hybridized carbons (Fsp3) is 0.429. The first-order valence-electron chi connectivity index (χ1n) is 6.91. The van der Waals surface area contributed by atoms with Crippen LogP contribution in [0.3, 0.4) is 0 Å². The van der Waals surface area contributed by atoms with E-state index in [-0.39, 0.29) is 12.5 Å². The highest BCUT2D eigenvalue weighted by atomic mass is 32.1. The van der Waals surface area contributed by atoms with Crippen LogP contribution in [0.1, 0.15) is 36.4 Å². The van der Waals surface area contributed by atoms with Crippen LogP contribution in [0.25, 0.3) is 15.3 Å². The van der Waals surface area contributed by atoms with E-state index in [1.165, 1.54) is 11.3 Å². The predicted molar refractivity (Wildman–Crippen MR) is 86.3 cm³/mol. The number of fused-ring (bicyclic) bond motifs is 3. The second-order valence-electron chi connectivity index (χ2n) is 5.07. The molecule has 0 saturated heterocycles. The van der Waals surface area contributed by atoms with Gasteiger partial charge in [0, 0.05) is 11.6 Å². The lowest BCUT2D eigenvalue weighted by Gasteiger charge is -2.30. The Labute approximate surface area is 130 Å². The molecule has 0 fully saturated rings. The molecule has 3 aromatic heterocycles. The Morgan fingerprint density at radius 2 is 2.24 bits per heavy atom. The lowest BCUT2D eigenvalue weighted by molar-refractivity contribution is 0.0822. The highest BCUT2D eigenvalue weighted by molar-refractivity contribution is 7.21. The number of hydrogen-bond donors (Lipinski definition) is 2. The van der Waals surface area contributed by atoms with Crippen LogP contribution in [-0.2, 0) is 0 Å². The Morgan fingerprint density at radius 3 is 2.90 bits per heavy atom. The number of nitrogens with one attached hydrogen (secondary N) is 1. The zero-order chi connectivity index (χ0) is 15.0. The minimum atomic E-state index is -0.538. The predicted octanol–water partition coefficient (Wildman–Crippen LogP) is 2.89. The molecular formula is C14H17N3O2S2. The maximum Gasteiger partial charge on any atom is 0.262 e. The molecule has 21 heavy (non-hydrogen) atoms. The minimum Gasteiger partial charge on any atom is -0.394 e. The summed E-state index contributed by atoms with van der Waals surface area (Å²) >= 11 is 2.97. The lowest BCUT2D eigenvalue weighted by atomic mass is 9.94. The van der Waals surface area contributed by atoms with Gasteiger partial charge in [-0.05, 0) is 18.9 Å². The number of rotatable bonds is 5. The van der Waals surface area contributed by atoms with Gasteiger partial charge in [-0.2, -0.15) is 0 Å². The van der Waals surface area contributed by atoms with E-state index in [2.05, 4.69) is 10.3 Å². The van der Waals surface area contributed by atoms with Crippen LogP contribution in [0.2, 0.25) is 0 Å². The molecular weight excluding hydrogens is 306 g/mol. The molecule has 0 aromatic carbocycles. The third-order valence-electron chi connectivity index (χ3n) is 4.00. The molecule has 3 aromatic rings. The second-order valence-corrected chi connectivity index (χ2v) is 6.97. The van der Waals surface area contributed by atoms with Gasteiger partial charge in [0.2, 0.25) is 0 Å². The number of carbonyl (C=O) groups is 1. The molecule has 0 unspecified atom stereocenters. The molecule has 1 amide bonds. The minimum absolute atomic E-state index is 0.0510. The molecule has 112 valence electrons. The van der Waals surface area contributed by atoms with Gasteiger partial charge in [-0.3, -0.25) is 9.20 Å². The number of amides is 1. The van der Waals surface area contributed by atoms with Crippen molar-refractivity contribution in [3.8, 4) is 0 Å².